The Hall–Kier alpha value is -16.9. The van der Waals surface area contributed by atoms with Crippen LogP contribution in [0.15, 0.2) is 461 Å². The van der Waals surface area contributed by atoms with Crippen molar-refractivity contribution in [2.45, 2.75) is 20.3 Å². The van der Waals surface area contributed by atoms with Gasteiger partial charge in [0, 0.05) is 176 Å². The topological polar surface area (TPSA) is 29.6 Å². The van der Waals surface area contributed by atoms with Crippen molar-refractivity contribution in [3.63, 3.8) is 0 Å². The lowest BCUT2D eigenvalue weighted by atomic mass is 9.96. The van der Waals surface area contributed by atoms with Gasteiger partial charge in [0.15, 0.2) is 0 Å². The highest BCUT2D eigenvalue weighted by Crippen LogP contribution is 2.51. The Kier molecular flexibility index (Phi) is 18.4. The van der Waals surface area contributed by atoms with Gasteiger partial charge < -0.3 is 27.4 Å². The first kappa shape index (κ1) is 79.6. The van der Waals surface area contributed by atoms with Gasteiger partial charge in [0.05, 0.1) is 66.2 Å². The van der Waals surface area contributed by atoms with E-state index in [1.165, 1.54) is 270 Å². The Morgan fingerprint density at radius 3 is 0.667 bits per heavy atom. The number of thiophene rings is 3. The van der Waals surface area contributed by atoms with E-state index in [1.807, 2.05) is 34.0 Å². The van der Waals surface area contributed by atoms with Crippen LogP contribution in [0.3, 0.4) is 0 Å². The van der Waals surface area contributed by atoms with Crippen molar-refractivity contribution in [2.75, 3.05) is 0 Å². The normalized spacial score (nSPS) is 12.0. The molecule has 6 nitrogen and oxygen atoms in total. The summed E-state index contributed by atoms with van der Waals surface area (Å²) < 4.78 is 22.5. The molecular weight excluding hydrogens is 1730 g/mol. The second kappa shape index (κ2) is 31.9. The van der Waals surface area contributed by atoms with Gasteiger partial charge in [-0.05, 0) is 205 Å². The molecule has 0 amide bonds. The van der Waals surface area contributed by atoms with E-state index < -0.39 is 0 Å². The van der Waals surface area contributed by atoms with E-state index in [2.05, 4.69) is 502 Å². The fraction of sp³-hybridized carbons (Fsp3) is 0.0233. The van der Waals surface area contributed by atoms with E-state index in [0.29, 0.717) is 0 Å². The van der Waals surface area contributed by atoms with Gasteiger partial charge >= 0.3 is 0 Å². The molecule has 30 aromatic rings. The first-order valence-electron chi connectivity index (χ1n) is 47.5. The van der Waals surface area contributed by atoms with Gasteiger partial charge in [-0.15, -0.1) is 34.0 Å². The predicted octanol–water partition coefficient (Wildman–Crippen LogP) is 36.6. The van der Waals surface area contributed by atoms with Crippen molar-refractivity contribution < 1.29 is 0 Å². The standard InChI is InChI=1S/C44H30N2S.C43H28N2S.C42H26N2S/c1-2-28-13-3-4-14-31(28)37-26-30(46-41-21-11-7-17-34(41)35-18-8-12-22-42(35)46)27-38-36-25-29(23-24-43(36)47-44(37)38)45-39-19-9-5-15-32(39)33-16-6-10-20-40(33)45;1-27-12-2-3-13-30(27)36-25-29(45-40-20-10-6-16-33(40)34-17-7-11-21-41(34)45)26-37-35-24-28(22-23-42(35)46-43(36)37)44-38-18-8-4-14-31(38)32-15-5-9-19-39(32)44;1-2-12-27(13-3-1)34-25-29(44-39-20-10-6-16-32(39)33-17-7-11-21-40(33)44)26-36-35-24-28(22-23-41(35)45-42(34)36)43-37-18-8-4-14-30(37)31-15-5-9-19-38(31)43/h3-27H,2H2,1H3;2-26H,1H3;1-26H. The molecule has 30 rings (SSSR count). The van der Waals surface area contributed by atoms with E-state index in [4.69, 9.17) is 0 Å². The summed E-state index contributed by atoms with van der Waals surface area (Å²) in [5.41, 5.74) is 32.2. The van der Waals surface area contributed by atoms with Crippen LogP contribution in [0.1, 0.15) is 18.1 Å². The maximum Gasteiger partial charge on any atom is 0.0541 e. The third-order valence-corrected chi connectivity index (χ3v) is 32.5. The first-order valence-corrected chi connectivity index (χ1v) is 49.9. The minimum absolute atomic E-state index is 0.986. The van der Waals surface area contributed by atoms with E-state index in [-0.39, 0.29) is 0 Å². The number of fused-ring (bicyclic) bond motifs is 27. The smallest absolute Gasteiger partial charge is 0.0541 e. The summed E-state index contributed by atoms with van der Waals surface area (Å²) in [5.74, 6) is 0. The maximum atomic E-state index is 2.46. The van der Waals surface area contributed by atoms with E-state index >= 15 is 0 Å². The fourth-order valence-electron chi connectivity index (χ4n) is 22.8. The molecule has 0 spiro atoms. The maximum absolute atomic E-state index is 2.46. The molecule has 0 saturated carbocycles. The molecule has 0 unspecified atom stereocenters. The molecule has 9 heteroatoms. The average molecular weight is 1810 g/mol. The molecule has 0 fully saturated rings. The van der Waals surface area contributed by atoms with Crippen LogP contribution in [0.25, 0.3) is 259 Å². The van der Waals surface area contributed by atoms with Gasteiger partial charge in [-0.25, -0.2) is 0 Å². The summed E-state index contributed by atoms with van der Waals surface area (Å²) >= 11 is 5.70. The molecule has 0 radical (unpaired) electrons. The highest BCUT2D eigenvalue weighted by molar-refractivity contribution is 7.27. The quantitative estimate of drug-likeness (QED) is 0.131. The molecule has 648 valence electrons. The van der Waals surface area contributed by atoms with Crippen LogP contribution in [0, 0.1) is 6.92 Å². The zero-order valence-corrected chi connectivity index (χ0v) is 77.9. The van der Waals surface area contributed by atoms with Gasteiger partial charge in [-0.3, -0.25) is 0 Å². The van der Waals surface area contributed by atoms with Crippen molar-refractivity contribution in [3.05, 3.63) is 472 Å². The number of aromatic nitrogens is 6. The SMILES string of the molecule is CCc1ccccc1-c1cc(-n2c3ccccc3c3ccccc32)cc2c1sc1ccc(-n3c4ccccc4c4ccccc43)cc12.Cc1ccccc1-c1cc(-n2c3ccccc3c3ccccc32)cc2c1sc1ccc(-n3c4ccccc4c4ccccc43)cc12.c1ccc(-c2cc(-n3c4ccccc4c4ccccc43)cc3c2sc2ccc(-n4c5ccccc5c5ccccc54)cc23)cc1. The Balaban J connectivity index is 0.000000102. The summed E-state index contributed by atoms with van der Waals surface area (Å²) in [5, 5.41) is 23.1. The van der Waals surface area contributed by atoms with E-state index in [0.717, 1.165) is 6.42 Å². The highest BCUT2D eigenvalue weighted by atomic mass is 32.1. The van der Waals surface area contributed by atoms with Crippen LogP contribution in [0.5, 0.6) is 0 Å². The number of hydrogen-bond acceptors (Lipinski definition) is 3. The van der Waals surface area contributed by atoms with Crippen molar-refractivity contribution in [2.24, 2.45) is 0 Å². The largest absolute Gasteiger partial charge is 0.309 e. The second-order valence-electron chi connectivity index (χ2n) is 36.4. The zero-order chi connectivity index (χ0) is 90.9. The highest BCUT2D eigenvalue weighted by Gasteiger charge is 2.26. The van der Waals surface area contributed by atoms with Crippen molar-refractivity contribution in [1.82, 2.24) is 27.4 Å². The monoisotopic (exact) mass is 1810 g/mol. The van der Waals surface area contributed by atoms with Crippen LogP contribution in [0.4, 0.5) is 0 Å². The number of hydrogen-bond donors (Lipinski definition) is 0. The van der Waals surface area contributed by atoms with Crippen LogP contribution in [0.2, 0.25) is 0 Å². The number of rotatable bonds is 10. The van der Waals surface area contributed by atoms with Crippen LogP contribution in [-0.4, -0.2) is 27.4 Å². The average Bonchev–Trinajstić information content (AvgIpc) is 1.57. The number of aryl methyl sites for hydroxylation is 2. The molecule has 0 aliphatic carbocycles. The summed E-state index contributed by atoms with van der Waals surface area (Å²) in [6.07, 6.45) is 0.986. The number of para-hydroxylation sites is 12. The Labute approximate surface area is 806 Å². The third kappa shape index (κ3) is 12.4. The summed E-state index contributed by atoms with van der Waals surface area (Å²) in [6, 6.07) is 169. The van der Waals surface area contributed by atoms with Gasteiger partial charge in [0.2, 0.25) is 0 Å². The first-order chi connectivity index (χ1) is 68.4. The number of benzene rings is 21. The summed E-state index contributed by atoms with van der Waals surface area (Å²) in [6.45, 7) is 4.48. The van der Waals surface area contributed by atoms with Crippen LogP contribution >= 0.6 is 34.0 Å². The minimum Gasteiger partial charge on any atom is -0.309 e. The van der Waals surface area contributed by atoms with Gasteiger partial charge in [-0.2, -0.15) is 0 Å². The molecule has 0 saturated heterocycles. The lowest BCUT2D eigenvalue weighted by Crippen LogP contribution is -1.96. The molecule has 9 heterocycles. The molecule has 0 bridgehead atoms. The predicted molar refractivity (Wildman–Crippen MR) is 594 cm³/mol. The van der Waals surface area contributed by atoms with Gasteiger partial charge in [0.25, 0.3) is 0 Å². The Bertz CT molecular complexity index is 9960. The lowest BCUT2D eigenvalue weighted by molar-refractivity contribution is 1.14. The molecule has 0 atom stereocenters. The molecule has 0 aliphatic rings. The van der Waals surface area contributed by atoms with Crippen molar-refractivity contribution >= 4 is 225 Å². The van der Waals surface area contributed by atoms with Crippen molar-refractivity contribution in [3.8, 4) is 67.5 Å². The van der Waals surface area contributed by atoms with Crippen molar-refractivity contribution in [1.29, 1.82) is 0 Å². The van der Waals surface area contributed by atoms with E-state index in [1.54, 1.807) is 0 Å². The summed E-state index contributed by atoms with van der Waals surface area (Å²) in [4.78, 5) is 0. The second-order valence-corrected chi connectivity index (χ2v) is 39.5. The Morgan fingerprint density at radius 1 is 0.167 bits per heavy atom. The molecule has 0 aliphatic heterocycles. The van der Waals surface area contributed by atoms with Gasteiger partial charge in [0.1, 0.15) is 0 Å². The molecule has 138 heavy (non-hydrogen) atoms. The third-order valence-electron chi connectivity index (χ3n) is 28.9. The fourth-order valence-corrected chi connectivity index (χ4v) is 26.3. The minimum atomic E-state index is 0.986. The molecular formula is C129H84N6S3. The van der Waals surface area contributed by atoms with Crippen LogP contribution in [-0.2, 0) is 6.42 Å². The molecule has 0 N–H and O–H groups in total. The molecule has 21 aromatic carbocycles. The lowest BCUT2D eigenvalue weighted by Gasteiger charge is -2.14. The van der Waals surface area contributed by atoms with E-state index in [9.17, 15) is 0 Å². The zero-order valence-electron chi connectivity index (χ0n) is 75.5. The number of nitrogens with zero attached hydrogens (tertiary/aromatic N) is 6. The van der Waals surface area contributed by atoms with Crippen LogP contribution < -0.4 is 0 Å². The van der Waals surface area contributed by atoms with Gasteiger partial charge in [-0.1, -0.05) is 304 Å². The Morgan fingerprint density at radius 2 is 0.384 bits per heavy atom. The molecule has 9 aromatic heterocycles. The summed E-state index contributed by atoms with van der Waals surface area (Å²) in [7, 11) is 0.